The van der Waals surface area contributed by atoms with Gasteiger partial charge < -0.3 is 15.0 Å². The van der Waals surface area contributed by atoms with E-state index in [1.54, 1.807) is 31.2 Å². The van der Waals surface area contributed by atoms with Crippen LogP contribution in [0.15, 0.2) is 53.0 Å². The SMILES string of the molecule is CCOc1ccc(N(CC(=O)N(Cc2ccc(Br)cc2)[C@@H](C)C(=O)NC2CCCCC2)S(C)(=O)=O)cc1. The molecule has 0 spiro atoms. The number of carbonyl (C=O) groups is 2. The van der Waals surface area contributed by atoms with Gasteiger partial charge in [-0.05, 0) is 68.7 Å². The highest BCUT2D eigenvalue weighted by Gasteiger charge is 2.31. The van der Waals surface area contributed by atoms with Gasteiger partial charge in [-0.1, -0.05) is 47.3 Å². The van der Waals surface area contributed by atoms with Crippen molar-refractivity contribution in [3.63, 3.8) is 0 Å². The predicted octanol–water partition coefficient (Wildman–Crippen LogP) is 4.48. The average molecular weight is 595 g/mol. The van der Waals surface area contributed by atoms with Gasteiger partial charge in [-0.15, -0.1) is 0 Å². The maximum absolute atomic E-state index is 13.7. The molecule has 1 N–H and O–H groups in total. The number of halogens is 1. The van der Waals surface area contributed by atoms with Crippen LogP contribution >= 0.6 is 15.9 Å². The highest BCUT2D eigenvalue weighted by molar-refractivity contribution is 9.10. The lowest BCUT2D eigenvalue weighted by Crippen LogP contribution is -2.52. The van der Waals surface area contributed by atoms with Gasteiger partial charge in [0.1, 0.15) is 18.3 Å². The molecule has 8 nitrogen and oxygen atoms in total. The van der Waals surface area contributed by atoms with Crippen molar-refractivity contribution in [3.8, 4) is 5.75 Å². The summed E-state index contributed by atoms with van der Waals surface area (Å²) in [6, 6.07) is 13.4. The van der Waals surface area contributed by atoms with Crippen LogP contribution in [0.25, 0.3) is 0 Å². The molecule has 0 saturated heterocycles. The van der Waals surface area contributed by atoms with Gasteiger partial charge in [0.15, 0.2) is 0 Å². The van der Waals surface area contributed by atoms with Crippen LogP contribution in [0, 0.1) is 0 Å². The molecular formula is C27H36BrN3O5S. The number of hydrogen-bond donors (Lipinski definition) is 1. The molecular weight excluding hydrogens is 558 g/mol. The fourth-order valence-electron chi connectivity index (χ4n) is 4.43. The number of hydrogen-bond acceptors (Lipinski definition) is 5. The Morgan fingerprint density at radius 2 is 1.68 bits per heavy atom. The summed E-state index contributed by atoms with van der Waals surface area (Å²) in [7, 11) is -3.78. The number of benzene rings is 2. The largest absolute Gasteiger partial charge is 0.494 e. The van der Waals surface area contributed by atoms with Crippen LogP contribution in [0.2, 0.25) is 0 Å². The summed E-state index contributed by atoms with van der Waals surface area (Å²) in [5.41, 5.74) is 1.18. The van der Waals surface area contributed by atoms with Gasteiger partial charge in [-0.2, -0.15) is 0 Å². The molecule has 1 aliphatic rings. The van der Waals surface area contributed by atoms with Gasteiger partial charge in [0.2, 0.25) is 21.8 Å². The molecule has 2 aromatic carbocycles. The van der Waals surface area contributed by atoms with Crippen LogP contribution in [0.3, 0.4) is 0 Å². The quantitative estimate of drug-likeness (QED) is 0.414. The number of anilines is 1. The minimum atomic E-state index is -3.78. The van der Waals surface area contributed by atoms with Gasteiger partial charge in [0.25, 0.3) is 0 Å². The number of sulfonamides is 1. The minimum absolute atomic E-state index is 0.102. The minimum Gasteiger partial charge on any atom is -0.494 e. The van der Waals surface area contributed by atoms with Crippen LogP contribution in [-0.2, 0) is 26.2 Å². The first kappa shape index (κ1) is 29.0. The predicted molar refractivity (Wildman–Crippen MR) is 149 cm³/mol. The maximum atomic E-state index is 13.7. The topological polar surface area (TPSA) is 96.0 Å². The molecule has 0 heterocycles. The van der Waals surface area contributed by atoms with Crippen molar-refractivity contribution >= 4 is 43.5 Å². The number of nitrogens with one attached hydrogen (secondary N) is 1. The lowest BCUT2D eigenvalue weighted by molar-refractivity contribution is -0.139. The molecule has 2 amide bonds. The van der Waals surface area contributed by atoms with Crippen LogP contribution in [0.5, 0.6) is 5.75 Å². The van der Waals surface area contributed by atoms with Gasteiger partial charge in [-0.3, -0.25) is 13.9 Å². The van der Waals surface area contributed by atoms with Crippen molar-refractivity contribution in [2.24, 2.45) is 0 Å². The molecule has 37 heavy (non-hydrogen) atoms. The first-order valence-corrected chi connectivity index (χ1v) is 15.3. The lowest BCUT2D eigenvalue weighted by atomic mass is 9.95. The fraction of sp³-hybridized carbons (Fsp3) is 0.481. The summed E-state index contributed by atoms with van der Waals surface area (Å²) in [6.07, 6.45) is 6.24. The van der Waals surface area contributed by atoms with Crippen LogP contribution < -0.4 is 14.4 Å². The molecule has 3 rings (SSSR count). The van der Waals surface area contributed by atoms with E-state index in [1.807, 2.05) is 31.2 Å². The third-order valence-corrected chi connectivity index (χ3v) is 8.17. The van der Waals surface area contributed by atoms with Gasteiger partial charge in [-0.25, -0.2) is 8.42 Å². The zero-order chi connectivity index (χ0) is 27.0. The van der Waals surface area contributed by atoms with Crippen LogP contribution in [0.4, 0.5) is 5.69 Å². The second-order valence-electron chi connectivity index (χ2n) is 9.36. The molecule has 0 radical (unpaired) electrons. The Labute approximate surface area is 228 Å². The molecule has 0 bridgehead atoms. The van der Waals surface area contributed by atoms with Gasteiger partial charge >= 0.3 is 0 Å². The van der Waals surface area contributed by atoms with E-state index in [0.717, 1.165) is 46.3 Å². The summed E-state index contributed by atoms with van der Waals surface area (Å²) in [5.74, 6) is -0.0891. The number of carbonyl (C=O) groups excluding carboxylic acids is 2. The summed E-state index contributed by atoms with van der Waals surface area (Å²) in [4.78, 5) is 28.3. The first-order valence-electron chi connectivity index (χ1n) is 12.6. The third kappa shape index (κ3) is 8.46. The van der Waals surface area contributed by atoms with Crippen molar-refractivity contribution in [2.75, 3.05) is 23.7 Å². The summed E-state index contributed by atoms with van der Waals surface area (Å²) < 4.78 is 32.8. The molecule has 1 aliphatic carbocycles. The molecule has 1 saturated carbocycles. The molecule has 2 aromatic rings. The zero-order valence-electron chi connectivity index (χ0n) is 21.7. The highest BCUT2D eigenvalue weighted by Crippen LogP contribution is 2.23. The Balaban J connectivity index is 1.84. The Bertz CT molecular complexity index is 1150. The maximum Gasteiger partial charge on any atom is 0.244 e. The second-order valence-corrected chi connectivity index (χ2v) is 12.2. The van der Waals surface area contributed by atoms with E-state index in [4.69, 9.17) is 4.74 Å². The van der Waals surface area contributed by atoms with Crippen molar-refractivity contribution in [3.05, 3.63) is 58.6 Å². The Morgan fingerprint density at radius 1 is 1.05 bits per heavy atom. The standard InChI is InChI=1S/C27H36BrN3O5S/c1-4-36-25-16-14-24(15-17-25)31(37(3,34)35)19-26(32)30(18-21-10-12-22(28)13-11-21)20(2)27(33)29-23-8-6-5-7-9-23/h10-17,20,23H,4-9,18-19H2,1-3H3,(H,29,33)/t20-/m0/s1. The first-order chi connectivity index (χ1) is 17.6. The van der Waals surface area contributed by atoms with Crippen molar-refractivity contribution in [1.82, 2.24) is 10.2 Å². The molecule has 0 aliphatic heterocycles. The molecule has 1 atom stereocenters. The van der Waals surface area contributed by atoms with Crippen molar-refractivity contribution in [2.45, 2.75) is 64.6 Å². The van der Waals surface area contributed by atoms with Gasteiger partial charge in [0.05, 0.1) is 18.6 Å². The van der Waals surface area contributed by atoms with E-state index >= 15 is 0 Å². The number of ether oxygens (including phenoxy) is 1. The number of rotatable bonds is 11. The molecule has 0 unspecified atom stereocenters. The van der Waals surface area contributed by atoms with E-state index < -0.39 is 28.5 Å². The van der Waals surface area contributed by atoms with Crippen molar-refractivity contribution in [1.29, 1.82) is 0 Å². The molecule has 10 heteroatoms. The molecule has 0 aromatic heterocycles. The fourth-order valence-corrected chi connectivity index (χ4v) is 5.54. The monoisotopic (exact) mass is 593 g/mol. The Hall–Kier alpha value is -2.59. The van der Waals surface area contributed by atoms with Crippen LogP contribution in [0.1, 0.15) is 51.5 Å². The third-order valence-electron chi connectivity index (χ3n) is 6.50. The van der Waals surface area contributed by atoms with E-state index in [2.05, 4.69) is 21.2 Å². The highest BCUT2D eigenvalue weighted by atomic mass is 79.9. The van der Waals surface area contributed by atoms with E-state index in [0.29, 0.717) is 18.0 Å². The normalized spacial score (nSPS) is 15.0. The summed E-state index contributed by atoms with van der Waals surface area (Å²) >= 11 is 3.42. The van der Waals surface area contributed by atoms with Crippen LogP contribution in [-0.4, -0.2) is 56.6 Å². The average Bonchev–Trinajstić information content (AvgIpc) is 2.87. The smallest absolute Gasteiger partial charge is 0.244 e. The van der Waals surface area contributed by atoms with Crippen molar-refractivity contribution < 1.29 is 22.7 Å². The zero-order valence-corrected chi connectivity index (χ0v) is 24.1. The number of amides is 2. The Kier molecular flexibility index (Phi) is 10.4. The van der Waals surface area contributed by atoms with E-state index in [9.17, 15) is 18.0 Å². The molecule has 202 valence electrons. The van der Waals surface area contributed by atoms with E-state index in [1.165, 1.54) is 11.3 Å². The van der Waals surface area contributed by atoms with E-state index in [-0.39, 0.29) is 18.5 Å². The Morgan fingerprint density at radius 3 is 2.24 bits per heavy atom. The van der Waals surface area contributed by atoms with Gasteiger partial charge in [0, 0.05) is 17.1 Å². The molecule has 1 fully saturated rings. The summed E-state index contributed by atoms with van der Waals surface area (Å²) in [6.45, 7) is 3.79. The summed E-state index contributed by atoms with van der Waals surface area (Å²) in [5, 5.41) is 3.10. The lowest BCUT2D eigenvalue weighted by Gasteiger charge is -2.33. The second kappa shape index (κ2) is 13.3. The number of nitrogens with zero attached hydrogens (tertiary/aromatic N) is 2.